The molecule has 0 aliphatic carbocycles. The van der Waals surface area contributed by atoms with E-state index in [9.17, 15) is 19.7 Å². The lowest BCUT2D eigenvalue weighted by Crippen LogP contribution is -2.35. The van der Waals surface area contributed by atoms with Gasteiger partial charge in [0.25, 0.3) is 11.6 Å². The van der Waals surface area contributed by atoms with Crippen LogP contribution < -0.4 is 5.32 Å². The van der Waals surface area contributed by atoms with Gasteiger partial charge in [0.1, 0.15) is 5.56 Å². The van der Waals surface area contributed by atoms with Gasteiger partial charge in [0, 0.05) is 11.0 Å². The molecule has 0 saturated heterocycles. The molecule has 6 nitrogen and oxygen atoms in total. The molecule has 6 heteroatoms. The normalized spacial score (nSPS) is 11.0. The van der Waals surface area contributed by atoms with Crippen LogP contribution >= 0.6 is 0 Å². The van der Waals surface area contributed by atoms with Crippen LogP contribution in [0.5, 0.6) is 0 Å². The fourth-order valence-corrected chi connectivity index (χ4v) is 1.61. The number of nitro groups is 1. The average molecular weight is 278 g/mol. The van der Waals surface area contributed by atoms with Crippen LogP contribution in [0.25, 0.3) is 0 Å². The van der Waals surface area contributed by atoms with Gasteiger partial charge in [-0.3, -0.25) is 19.7 Å². The van der Waals surface area contributed by atoms with Crippen LogP contribution in [0, 0.1) is 22.5 Å². The van der Waals surface area contributed by atoms with Gasteiger partial charge >= 0.3 is 0 Å². The molecule has 0 spiro atoms. The van der Waals surface area contributed by atoms with Crippen molar-refractivity contribution < 1.29 is 14.5 Å². The van der Waals surface area contributed by atoms with Gasteiger partial charge in [-0.05, 0) is 13.0 Å². The number of hydrogen-bond acceptors (Lipinski definition) is 4. The average Bonchev–Trinajstić information content (AvgIpc) is 2.33. The maximum atomic E-state index is 12.0. The van der Waals surface area contributed by atoms with Crippen LogP contribution in [-0.2, 0) is 4.79 Å². The van der Waals surface area contributed by atoms with Gasteiger partial charge < -0.3 is 5.32 Å². The third-order valence-electron chi connectivity index (χ3n) is 2.91. The minimum absolute atomic E-state index is 0.0308. The number of para-hydroxylation sites is 1. The van der Waals surface area contributed by atoms with E-state index in [1.165, 1.54) is 6.07 Å². The molecule has 108 valence electrons. The molecule has 0 radical (unpaired) electrons. The van der Waals surface area contributed by atoms with Crippen molar-refractivity contribution in [2.45, 2.75) is 27.7 Å². The summed E-state index contributed by atoms with van der Waals surface area (Å²) in [6, 6.07) is 4.51. The van der Waals surface area contributed by atoms with E-state index in [0.29, 0.717) is 5.56 Å². The number of rotatable bonds is 4. The number of ketones is 1. The lowest BCUT2D eigenvalue weighted by Gasteiger charge is -2.16. The summed E-state index contributed by atoms with van der Waals surface area (Å²) in [5.74, 6) is -0.751. The molecule has 20 heavy (non-hydrogen) atoms. The zero-order chi connectivity index (χ0) is 15.5. The molecule has 1 amide bonds. The highest BCUT2D eigenvalue weighted by Crippen LogP contribution is 2.23. The van der Waals surface area contributed by atoms with E-state index >= 15 is 0 Å². The number of carbonyl (C=O) groups is 2. The van der Waals surface area contributed by atoms with Crippen LogP contribution in [0.3, 0.4) is 0 Å². The summed E-state index contributed by atoms with van der Waals surface area (Å²) < 4.78 is 0. The standard InChI is InChI=1S/C14H18N2O4/c1-9-6-5-7-10(12(9)16(19)20)13(18)15-8-11(17)14(2,3)4/h5-7H,8H2,1-4H3,(H,15,18). The highest BCUT2D eigenvalue weighted by Gasteiger charge is 2.25. The second-order valence-corrected chi connectivity index (χ2v) is 5.58. The van der Waals surface area contributed by atoms with Crippen molar-refractivity contribution in [2.75, 3.05) is 6.54 Å². The summed E-state index contributed by atoms with van der Waals surface area (Å²) in [4.78, 5) is 34.1. The van der Waals surface area contributed by atoms with Gasteiger partial charge in [0.2, 0.25) is 0 Å². The number of nitrogens with one attached hydrogen (secondary N) is 1. The highest BCUT2D eigenvalue weighted by atomic mass is 16.6. The molecule has 0 heterocycles. The van der Waals surface area contributed by atoms with Gasteiger partial charge in [-0.15, -0.1) is 0 Å². The van der Waals surface area contributed by atoms with Crippen LogP contribution in [-0.4, -0.2) is 23.2 Å². The van der Waals surface area contributed by atoms with Crippen molar-refractivity contribution in [3.05, 3.63) is 39.4 Å². The van der Waals surface area contributed by atoms with Crippen molar-refractivity contribution in [1.29, 1.82) is 0 Å². The molecule has 0 aliphatic rings. The SMILES string of the molecule is Cc1cccc(C(=O)NCC(=O)C(C)(C)C)c1[N+](=O)[O-]. The second-order valence-electron chi connectivity index (χ2n) is 5.58. The fraction of sp³-hybridized carbons (Fsp3) is 0.429. The molecule has 0 saturated carbocycles. The van der Waals surface area contributed by atoms with Crippen molar-refractivity contribution in [1.82, 2.24) is 5.32 Å². The summed E-state index contributed by atoms with van der Waals surface area (Å²) in [6.07, 6.45) is 0. The van der Waals surface area contributed by atoms with Gasteiger partial charge in [0.15, 0.2) is 5.78 Å². The molecule has 1 aromatic carbocycles. The summed E-state index contributed by atoms with van der Waals surface area (Å²) in [5.41, 5.74) is -0.416. The van der Waals surface area contributed by atoms with Gasteiger partial charge in [-0.2, -0.15) is 0 Å². The Hall–Kier alpha value is -2.24. The number of benzene rings is 1. The quantitative estimate of drug-likeness (QED) is 0.675. The van der Waals surface area contributed by atoms with Crippen LogP contribution in [0.2, 0.25) is 0 Å². The summed E-state index contributed by atoms with van der Waals surface area (Å²) in [6.45, 7) is 6.66. The predicted molar refractivity (Wildman–Crippen MR) is 74.6 cm³/mol. The van der Waals surface area contributed by atoms with E-state index in [4.69, 9.17) is 0 Å². The van der Waals surface area contributed by atoms with Crippen molar-refractivity contribution in [3.8, 4) is 0 Å². The van der Waals surface area contributed by atoms with Crippen molar-refractivity contribution in [3.63, 3.8) is 0 Å². The maximum Gasteiger partial charge on any atom is 0.285 e. The van der Waals surface area contributed by atoms with E-state index in [-0.39, 0.29) is 23.6 Å². The Bertz CT molecular complexity index is 559. The van der Waals surface area contributed by atoms with Crippen molar-refractivity contribution >= 4 is 17.4 Å². The number of amides is 1. The Balaban J connectivity index is 2.92. The number of Topliss-reactive ketones (excluding diaryl/α,β-unsaturated/α-hetero) is 1. The van der Waals surface area contributed by atoms with E-state index in [1.54, 1.807) is 39.8 Å². The first-order chi connectivity index (χ1) is 9.14. The van der Waals surface area contributed by atoms with E-state index in [0.717, 1.165) is 0 Å². The summed E-state index contributed by atoms with van der Waals surface area (Å²) in [5, 5.41) is 13.4. The molecule has 0 fully saturated rings. The fourth-order valence-electron chi connectivity index (χ4n) is 1.61. The third kappa shape index (κ3) is 3.63. The first-order valence-electron chi connectivity index (χ1n) is 6.20. The molecule has 1 aromatic rings. The Morgan fingerprint density at radius 2 is 1.90 bits per heavy atom. The van der Waals surface area contributed by atoms with E-state index < -0.39 is 16.2 Å². The number of hydrogen-bond donors (Lipinski definition) is 1. The molecular formula is C14H18N2O4. The smallest absolute Gasteiger partial charge is 0.285 e. The van der Waals surface area contributed by atoms with Crippen molar-refractivity contribution in [2.24, 2.45) is 5.41 Å². The largest absolute Gasteiger partial charge is 0.345 e. The zero-order valence-electron chi connectivity index (χ0n) is 12.0. The van der Waals surface area contributed by atoms with Gasteiger partial charge in [-0.25, -0.2) is 0 Å². The van der Waals surface area contributed by atoms with E-state index in [2.05, 4.69) is 5.32 Å². The molecule has 0 atom stereocenters. The summed E-state index contributed by atoms with van der Waals surface area (Å²) in [7, 11) is 0. The number of aryl methyl sites for hydroxylation is 1. The first kappa shape index (κ1) is 15.8. The minimum Gasteiger partial charge on any atom is -0.345 e. The Kier molecular flexibility index (Phi) is 4.60. The lowest BCUT2D eigenvalue weighted by molar-refractivity contribution is -0.385. The molecule has 0 bridgehead atoms. The van der Waals surface area contributed by atoms with Crippen LogP contribution in [0.1, 0.15) is 36.7 Å². The van der Waals surface area contributed by atoms with Gasteiger partial charge in [0.05, 0.1) is 11.5 Å². The molecule has 0 aliphatic heterocycles. The Morgan fingerprint density at radius 3 is 2.40 bits per heavy atom. The Morgan fingerprint density at radius 1 is 1.30 bits per heavy atom. The van der Waals surface area contributed by atoms with Crippen LogP contribution in [0.4, 0.5) is 5.69 Å². The van der Waals surface area contributed by atoms with Gasteiger partial charge in [-0.1, -0.05) is 32.9 Å². The second kappa shape index (κ2) is 5.81. The first-order valence-corrected chi connectivity index (χ1v) is 6.20. The molecule has 1 N–H and O–H groups in total. The third-order valence-corrected chi connectivity index (χ3v) is 2.91. The molecule has 0 aromatic heterocycles. The number of carbonyl (C=O) groups excluding carboxylic acids is 2. The highest BCUT2D eigenvalue weighted by molar-refractivity contribution is 6.00. The lowest BCUT2D eigenvalue weighted by atomic mass is 9.91. The number of nitro benzene ring substituents is 1. The molecule has 1 rings (SSSR count). The maximum absolute atomic E-state index is 12.0. The molecule has 0 unspecified atom stereocenters. The number of nitrogens with zero attached hydrogens (tertiary/aromatic N) is 1. The minimum atomic E-state index is -0.613. The van der Waals surface area contributed by atoms with E-state index in [1.807, 2.05) is 0 Å². The predicted octanol–water partition coefficient (Wildman–Crippen LogP) is 2.25. The topological polar surface area (TPSA) is 89.3 Å². The molecular weight excluding hydrogens is 260 g/mol. The monoisotopic (exact) mass is 278 g/mol. The van der Waals surface area contributed by atoms with Crippen LogP contribution in [0.15, 0.2) is 18.2 Å². The summed E-state index contributed by atoms with van der Waals surface area (Å²) >= 11 is 0. The zero-order valence-corrected chi connectivity index (χ0v) is 12.0. The Labute approximate surface area is 117 Å².